The van der Waals surface area contributed by atoms with Crippen molar-refractivity contribution in [3.63, 3.8) is 0 Å². The Kier molecular flexibility index (Phi) is 4.20. The van der Waals surface area contributed by atoms with Crippen molar-refractivity contribution < 1.29 is 9.18 Å². The minimum absolute atomic E-state index is 0.0320. The van der Waals surface area contributed by atoms with E-state index in [1.54, 1.807) is 10.6 Å². The van der Waals surface area contributed by atoms with Crippen molar-refractivity contribution in [3.05, 3.63) is 36.3 Å². The number of aromatic nitrogens is 1. The molecule has 2 rings (SSSR count). The Morgan fingerprint density at radius 1 is 1.32 bits per heavy atom. The van der Waals surface area contributed by atoms with Crippen LogP contribution in [0.5, 0.6) is 0 Å². The first kappa shape index (κ1) is 13.6. The average molecular weight is 262 g/mol. The number of nitrogens with one attached hydrogen (secondary N) is 1. The summed E-state index contributed by atoms with van der Waals surface area (Å²) in [7, 11) is 0. The van der Waals surface area contributed by atoms with E-state index in [0.717, 1.165) is 23.7 Å². The van der Waals surface area contributed by atoms with Crippen LogP contribution in [0.1, 0.15) is 26.7 Å². The molecule has 0 aliphatic heterocycles. The summed E-state index contributed by atoms with van der Waals surface area (Å²) in [5.74, 6) is -0.316. The van der Waals surface area contributed by atoms with E-state index in [4.69, 9.17) is 0 Å². The van der Waals surface area contributed by atoms with Gasteiger partial charge in [0.15, 0.2) is 0 Å². The van der Waals surface area contributed by atoms with Gasteiger partial charge >= 0.3 is 0 Å². The fraction of sp³-hybridized carbons (Fsp3) is 0.400. The summed E-state index contributed by atoms with van der Waals surface area (Å²) in [5.41, 5.74) is 0.750. The number of halogens is 1. The topological polar surface area (TPSA) is 34.0 Å². The molecule has 0 atom stereocenters. The van der Waals surface area contributed by atoms with Crippen molar-refractivity contribution in [2.45, 2.75) is 39.3 Å². The van der Waals surface area contributed by atoms with Crippen LogP contribution in [-0.4, -0.2) is 16.5 Å². The van der Waals surface area contributed by atoms with Crippen molar-refractivity contribution in [1.82, 2.24) is 9.88 Å². The molecule has 0 unspecified atom stereocenters. The molecular formula is C15H19FN2O. The Balaban J connectivity index is 2.13. The van der Waals surface area contributed by atoms with Crippen molar-refractivity contribution in [2.24, 2.45) is 0 Å². The number of amides is 1. The minimum atomic E-state index is -0.284. The maximum atomic E-state index is 13.2. The number of fused-ring (bicyclic) bond motifs is 1. The summed E-state index contributed by atoms with van der Waals surface area (Å²) in [4.78, 5) is 11.9. The van der Waals surface area contributed by atoms with E-state index >= 15 is 0 Å². The summed E-state index contributed by atoms with van der Waals surface area (Å²) in [5, 5.41) is 3.92. The van der Waals surface area contributed by atoms with Gasteiger partial charge in [-0.15, -0.1) is 0 Å². The zero-order valence-corrected chi connectivity index (χ0v) is 11.3. The van der Waals surface area contributed by atoms with Crippen molar-refractivity contribution in [2.75, 3.05) is 0 Å². The van der Waals surface area contributed by atoms with Crippen molar-refractivity contribution in [3.8, 4) is 0 Å². The molecule has 3 nitrogen and oxygen atoms in total. The second-order valence-corrected chi connectivity index (χ2v) is 4.73. The number of benzene rings is 1. The molecule has 0 bridgehead atoms. The van der Waals surface area contributed by atoms with Crippen molar-refractivity contribution >= 4 is 16.8 Å². The molecule has 1 heterocycles. The van der Waals surface area contributed by atoms with Gasteiger partial charge in [-0.3, -0.25) is 4.79 Å². The van der Waals surface area contributed by atoms with Gasteiger partial charge in [-0.05, 0) is 42.5 Å². The van der Waals surface area contributed by atoms with E-state index in [-0.39, 0.29) is 24.3 Å². The minimum Gasteiger partial charge on any atom is -0.352 e. The Labute approximate surface area is 112 Å². The zero-order chi connectivity index (χ0) is 13.8. The Morgan fingerprint density at radius 2 is 2.05 bits per heavy atom. The quantitative estimate of drug-likeness (QED) is 0.882. The SMILES string of the molecule is CCC(CC)NC(=O)Cn1ccc2ccc(F)cc21. The molecule has 0 saturated carbocycles. The zero-order valence-electron chi connectivity index (χ0n) is 11.3. The Morgan fingerprint density at radius 3 is 2.74 bits per heavy atom. The third kappa shape index (κ3) is 3.13. The Hall–Kier alpha value is -1.84. The number of carbonyl (C=O) groups excluding carboxylic acids is 1. The normalized spacial score (nSPS) is 11.2. The summed E-state index contributed by atoms with van der Waals surface area (Å²) < 4.78 is 15.0. The van der Waals surface area contributed by atoms with Crippen LogP contribution in [0.2, 0.25) is 0 Å². The van der Waals surface area contributed by atoms with Gasteiger partial charge in [-0.25, -0.2) is 4.39 Å². The first-order valence-corrected chi connectivity index (χ1v) is 6.67. The maximum absolute atomic E-state index is 13.2. The molecule has 4 heteroatoms. The highest BCUT2D eigenvalue weighted by atomic mass is 19.1. The van der Waals surface area contributed by atoms with Crippen LogP contribution < -0.4 is 5.32 Å². The standard InChI is InChI=1S/C15H19FN2O/c1-3-13(4-2)17-15(19)10-18-8-7-11-5-6-12(16)9-14(11)18/h5-9,13H,3-4,10H2,1-2H3,(H,17,19). The Bertz CT molecular complexity index is 573. The highest BCUT2D eigenvalue weighted by Gasteiger charge is 2.10. The smallest absolute Gasteiger partial charge is 0.240 e. The lowest BCUT2D eigenvalue weighted by molar-refractivity contribution is -0.122. The van der Waals surface area contributed by atoms with Gasteiger partial charge in [0.2, 0.25) is 5.91 Å². The van der Waals surface area contributed by atoms with Gasteiger partial charge in [0, 0.05) is 12.2 Å². The van der Waals surface area contributed by atoms with E-state index in [2.05, 4.69) is 19.2 Å². The van der Waals surface area contributed by atoms with Crippen LogP contribution in [0.25, 0.3) is 10.9 Å². The second-order valence-electron chi connectivity index (χ2n) is 4.73. The molecule has 0 aliphatic rings. The van der Waals surface area contributed by atoms with Crippen LogP contribution in [-0.2, 0) is 11.3 Å². The summed E-state index contributed by atoms with van der Waals surface area (Å²) in [6.07, 6.45) is 3.66. The largest absolute Gasteiger partial charge is 0.352 e. The molecule has 1 aromatic heterocycles. The second kappa shape index (κ2) is 5.87. The van der Waals surface area contributed by atoms with E-state index in [1.165, 1.54) is 12.1 Å². The third-order valence-corrected chi connectivity index (χ3v) is 3.40. The average Bonchev–Trinajstić information content (AvgIpc) is 2.78. The molecule has 0 radical (unpaired) electrons. The molecule has 2 aromatic rings. The molecular weight excluding hydrogens is 243 g/mol. The molecule has 0 aliphatic carbocycles. The molecule has 102 valence electrons. The van der Waals surface area contributed by atoms with Gasteiger partial charge in [-0.2, -0.15) is 0 Å². The lowest BCUT2D eigenvalue weighted by Gasteiger charge is -2.15. The highest BCUT2D eigenvalue weighted by molar-refractivity contribution is 5.83. The molecule has 1 amide bonds. The molecule has 19 heavy (non-hydrogen) atoms. The number of nitrogens with zero attached hydrogens (tertiary/aromatic N) is 1. The highest BCUT2D eigenvalue weighted by Crippen LogP contribution is 2.16. The summed E-state index contributed by atoms with van der Waals surface area (Å²) >= 11 is 0. The van der Waals surface area contributed by atoms with E-state index in [1.807, 2.05) is 12.3 Å². The first-order chi connectivity index (χ1) is 9.13. The van der Waals surface area contributed by atoms with Gasteiger partial charge in [-0.1, -0.05) is 13.8 Å². The predicted octanol–water partition coefficient (Wildman–Crippen LogP) is 3.09. The molecule has 1 N–H and O–H groups in total. The van der Waals surface area contributed by atoms with Crippen LogP contribution in [0.4, 0.5) is 4.39 Å². The van der Waals surface area contributed by atoms with E-state index in [0.29, 0.717) is 0 Å². The number of hydrogen-bond acceptors (Lipinski definition) is 1. The lowest BCUT2D eigenvalue weighted by atomic mass is 10.2. The fourth-order valence-corrected chi connectivity index (χ4v) is 2.22. The van der Waals surface area contributed by atoms with Crippen LogP contribution in [0.3, 0.4) is 0 Å². The number of hydrogen-bond donors (Lipinski definition) is 1. The van der Waals surface area contributed by atoms with Gasteiger partial charge in [0.25, 0.3) is 0 Å². The van der Waals surface area contributed by atoms with Crippen LogP contribution >= 0.6 is 0 Å². The first-order valence-electron chi connectivity index (χ1n) is 6.67. The number of carbonyl (C=O) groups is 1. The van der Waals surface area contributed by atoms with Gasteiger partial charge in [0.1, 0.15) is 12.4 Å². The molecule has 0 fully saturated rings. The fourth-order valence-electron chi connectivity index (χ4n) is 2.22. The summed E-state index contributed by atoms with van der Waals surface area (Å²) in [6, 6.07) is 6.71. The van der Waals surface area contributed by atoms with Gasteiger partial charge in [0.05, 0.1) is 5.52 Å². The van der Waals surface area contributed by atoms with Gasteiger partial charge < -0.3 is 9.88 Å². The molecule has 0 spiro atoms. The lowest BCUT2D eigenvalue weighted by Crippen LogP contribution is -2.36. The van der Waals surface area contributed by atoms with Crippen molar-refractivity contribution in [1.29, 1.82) is 0 Å². The molecule has 1 aromatic carbocycles. The molecule has 0 saturated heterocycles. The third-order valence-electron chi connectivity index (χ3n) is 3.40. The summed E-state index contributed by atoms with van der Waals surface area (Å²) in [6.45, 7) is 4.33. The van der Waals surface area contributed by atoms with Crippen LogP contribution in [0.15, 0.2) is 30.5 Å². The predicted molar refractivity (Wildman–Crippen MR) is 74.4 cm³/mol. The van der Waals surface area contributed by atoms with E-state index in [9.17, 15) is 9.18 Å². The van der Waals surface area contributed by atoms with E-state index < -0.39 is 0 Å². The maximum Gasteiger partial charge on any atom is 0.240 e. The number of rotatable bonds is 5. The monoisotopic (exact) mass is 262 g/mol. The van der Waals surface area contributed by atoms with Crippen LogP contribution in [0, 0.1) is 5.82 Å².